The van der Waals surface area contributed by atoms with Crippen LogP contribution in [0.5, 0.6) is 0 Å². The maximum Gasteiger partial charge on any atom is 0.255 e. The number of carbonyl (C=O) groups excluding carboxylic acids is 1. The van der Waals surface area contributed by atoms with Crippen molar-refractivity contribution in [2.75, 3.05) is 13.6 Å². The molecule has 0 saturated heterocycles. The summed E-state index contributed by atoms with van der Waals surface area (Å²) in [6, 6.07) is 1.89. The van der Waals surface area contributed by atoms with E-state index in [0.29, 0.717) is 5.56 Å². The van der Waals surface area contributed by atoms with Gasteiger partial charge in [-0.25, -0.2) is 4.98 Å². The van der Waals surface area contributed by atoms with Crippen molar-refractivity contribution in [1.82, 2.24) is 9.88 Å². The van der Waals surface area contributed by atoms with Crippen molar-refractivity contribution < 1.29 is 4.79 Å². The van der Waals surface area contributed by atoms with Crippen LogP contribution in [0.3, 0.4) is 0 Å². The highest BCUT2D eigenvalue weighted by molar-refractivity contribution is 14.1. The molecule has 0 aliphatic heterocycles. The van der Waals surface area contributed by atoms with Gasteiger partial charge in [0.05, 0.1) is 5.56 Å². The zero-order valence-corrected chi connectivity index (χ0v) is 11.4. The van der Waals surface area contributed by atoms with Crippen LogP contribution in [0.1, 0.15) is 29.3 Å². The first-order valence-corrected chi connectivity index (χ1v) is 6.01. The maximum atomic E-state index is 11.9. The summed E-state index contributed by atoms with van der Waals surface area (Å²) in [4.78, 5) is 17.8. The molecule has 0 radical (unpaired) electrons. The number of nitrogens with zero attached hydrogens (tertiary/aromatic N) is 2. The summed E-state index contributed by atoms with van der Waals surface area (Å²) in [5.41, 5.74) is 1.72. The molecule has 0 unspecified atom stereocenters. The highest BCUT2D eigenvalue weighted by atomic mass is 127. The van der Waals surface area contributed by atoms with E-state index >= 15 is 0 Å². The lowest BCUT2D eigenvalue weighted by atomic mass is 10.2. The highest BCUT2D eigenvalue weighted by Crippen LogP contribution is 2.11. The standard InChI is InChI=1S/C11H15IN2O/c1-4-5-14(3)11(15)9-6-8(2)10(12)13-7-9/h6-7H,4-5H2,1-3H3. The van der Waals surface area contributed by atoms with Gasteiger partial charge in [-0.1, -0.05) is 6.92 Å². The average molecular weight is 318 g/mol. The molecule has 1 aromatic heterocycles. The predicted molar refractivity (Wildman–Crippen MR) is 68.9 cm³/mol. The highest BCUT2D eigenvalue weighted by Gasteiger charge is 2.11. The molecule has 1 rings (SSSR count). The molecule has 15 heavy (non-hydrogen) atoms. The van der Waals surface area contributed by atoms with Gasteiger partial charge < -0.3 is 4.90 Å². The summed E-state index contributed by atoms with van der Waals surface area (Å²) in [5, 5.41) is 0. The Kier molecular flexibility index (Phi) is 4.50. The first-order valence-electron chi connectivity index (χ1n) is 4.94. The molecule has 0 bridgehead atoms. The normalized spacial score (nSPS) is 10.1. The summed E-state index contributed by atoms with van der Waals surface area (Å²) in [6.45, 7) is 4.80. The van der Waals surface area contributed by atoms with E-state index in [2.05, 4.69) is 34.5 Å². The van der Waals surface area contributed by atoms with Crippen LogP contribution >= 0.6 is 22.6 Å². The van der Waals surface area contributed by atoms with Gasteiger partial charge in [0, 0.05) is 19.8 Å². The van der Waals surface area contributed by atoms with Crippen LogP contribution in [-0.2, 0) is 0 Å². The quantitative estimate of drug-likeness (QED) is 0.634. The predicted octanol–water partition coefficient (Wildman–Crippen LogP) is 2.48. The molecule has 0 spiro atoms. The van der Waals surface area contributed by atoms with Crippen LogP contribution in [-0.4, -0.2) is 29.4 Å². The van der Waals surface area contributed by atoms with Gasteiger partial charge in [0.2, 0.25) is 0 Å². The van der Waals surface area contributed by atoms with Crippen LogP contribution in [0, 0.1) is 10.6 Å². The number of rotatable bonds is 3. The lowest BCUT2D eigenvalue weighted by Crippen LogP contribution is -2.27. The third-order valence-corrected chi connectivity index (χ3v) is 3.30. The van der Waals surface area contributed by atoms with Crippen LogP contribution in [0.2, 0.25) is 0 Å². The molecule has 1 aromatic rings. The smallest absolute Gasteiger partial charge is 0.255 e. The van der Waals surface area contributed by atoms with Crippen LogP contribution in [0.25, 0.3) is 0 Å². The lowest BCUT2D eigenvalue weighted by molar-refractivity contribution is 0.0794. The number of hydrogen-bond donors (Lipinski definition) is 0. The minimum Gasteiger partial charge on any atom is -0.342 e. The van der Waals surface area contributed by atoms with Gasteiger partial charge in [-0.2, -0.15) is 0 Å². The maximum absolute atomic E-state index is 11.9. The second kappa shape index (κ2) is 5.44. The van der Waals surface area contributed by atoms with Gasteiger partial charge in [-0.15, -0.1) is 0 Å². The molecule has 3 nitrogen and oxygen atoms in total. The molecule has 0 atom stereocenters. The molecular weight excluding hydrogens is 303 g/mol. The van der Waals surface area contributed by atoms with E-state index in [1.54, 1.807) is 11.1 Å². The van der Waals surface area contributed by atoms with Crippen molar-refractivity contribution in [3.05, 3.63) is 27.1 Å². The minimum absolute atomic E-state index is 0.0452. The molecular formula is C11H15IN2O. The van der Waals surface area contributed by atoms with E-state index < -0.39 is 0 Å². The summed E-state index contributed by atoms with van der Waals surface area (Å²) in [5.74, 6) is 0.0452. The van der Waals surface area contributed by atoms with Crippen molar-refractivity contribution in [1.29, 1.82) is 0 Å². The fourth-order valence-electron chi connectivity index (χ4n) is 1.33. The molecule has 0 saturated carbocycles. The molecule has 0 aliphatic rings. The molecule has 1 amide bonds. The first-order chi connectivity index (χ1) is 7.06. The molecule has 0 aromatic carbocycles. The topological polar surface area (TPSA) is 33.2 Å². The van der Waals surface area contributed by atoms with E-state index in [9.17, 15) is 4.79 Å². The Morgan fingerprint density at radius 1 is 1.60 bits per heavy atom. The van der Waals surface area contributed by atoms with Crippen LogP contribution in [0.15, 0.2) is 12.3 Å². The Morgan fingerprint density at radius 2 is 2.27 bits per heavy atom. The number of hydrogen-bond acceptors (Lipinski definition) is 2. The molecule has 4 heteroatoms. The zero-order valence-electron chi connectivity index (χ0n) is 9.25. The number of pyridine rings is 1. The minimum atomic E-state index is 0.0452. The van der Waals surface area contributed by atoms with Gasteiger partial charge in [0.1, 0.15) is 3.70 Å². The molecule has 1 heterocycles. The Bertz CT molecular complexity index is 366. The van der Waals surface area contributed by atoms with E-state index in [-0.39, 0.29) is 5.91 Å². The molecule has 0 N–H and O–H groups in total. The monoisotopic (exact) mass is 318 g/mol. The third-order valence-electron chi connectivity index (χ3n) is 2.17. The van der Waals surface area contributed by atoms with Gasteiger partial charge >= 0.3 is 0 Å². The van der Waals surface area contributed by atoms with Gasteiger partial charge in [0.25, 0.3) is 5.91 Å². The van der Waals surface area contributed by atoms with Gasteiger partial charge in [-0.3, -0.25) is 4.79 Å². The van der Waals surface area contributed by atoms with Crippen molar-refractivity contribution in [3.63, 3.8) is 0 Å². The van der Waals surface area contributed by atoms with Crippen LogP contribution in [0.4, 0.5) is 0 Å². The Morgan fingerprint density at radius 3 is 2.80 bits per heavy atom. The van der Waals surface area contributed by atoms with Crippen LogP contribution < -0.4 is 0 Å². The Labute approximate surface area is 104 Å². The second-order valence-corrected chi connectivity index (χ2v) is 4.58. The number of aromatic nitrogens is 1. The zero-order chi connectivity index (χ0) is 11.4. The first kappa shape index (κ1) is 12.4. The number of amides is 1. The van der Waals surface area contributed by atoms with E-state index in [4.69, 9.17) is 0 Å². The van der Waals surface area contributed by atoms with Gasteiger partial charge in [0.15, 0.2) is 0 Å². The largest absolute Gasteiger partial charge is 0.342 e. The molecule has 82 valence electrons. The van der Waals surface area contributed by atoms with Crippen molar-refractivity contribution in [2.45, 2.75) is 20.3 Å². The average Bonchev–Trinajstić information content (AvgIpc) is 2.21. The third kappa shape index (κ3) is 3.15. The Hall–Kier alpha value is -0.650. The number of aryl methyl sites for hydroxylation is 1. The SMILES string of the molecule is CCCN(C)C(=O)c1cnc(I)c(C)c1. The fraction of sp³-hybridized carbons (Fsp3) is 0.455. The van der Waals surface area contributed by atoms with Crippen molar-refractivity contribution >= 4 is 28.5 Å². The van der Waals surface area contributed by atoms with E-state index in [1.165, 1.54) is 0 Å². The second-order valence-electron chi connectivity index (χ2n) is 3.56. The Balaban J connectivity index is 2.87. The lowest BCUT2D eigenvalue weighted by Gasteiger charge is -2.16. The fourth-order valence-corrected chi connectivity index (χ4v) is 1.63. The number of halogens is 1. The van der Waals surface area contributed by atoms with Crippen molar-refractivity contribution in [2.24, 2.45) is 0 Å². The molecule has 0 fully saturated rings. The summed E-state index contributed by atoms with van der Waals surface area (Å²) < 4.78 is 0.947. The molecule has 0 aliphatic carbocycles. The summed E-state index contributed by atoms with van der Waals surface area (Å²) >= 11 is 2.16. The summed E-state index contributed by atoms with van der Waals surface area (Å²) in [6.07, 6.45) is 2.61. The summed E-state index contributed by atoms with van der Waals surface area (Å²) in [7, 11) is 1.82. The van der Waals surface area contributed by atoms with E-state index in [1.807, 2.05) is 20.0 Å². The van der Waals surface area contributed by atoms with Gasteiger partial charge in [-0.05, 0) is 47.6 Å². The van der Waals surface area contributed by atoms with E-state index in [0.717, 1.165) is 22.2 Å². The number of carbonyl (C=O) groups is 1. The van der Waals surface area contributed by atoms with Crippen molar-refractivity contribution in [3.8, 4) is 0 Å².